The van der Waals surface area contributed by atoms with Crippen molar-refractivity contribution in [3.8, 4) is 11.3 Å². The van der Waals surface area contributed by atoms with Crippen LogP contribution in [0.1, 0.15) is 55.3 Å². The van der Waals surface area contributed by atoms with Gasteiger partial charge in [0.25, 0.3) is 0 Å². The quantitative estimate of drug-likeness (QED) is 0.449. The van der Waals surface area contributed by atoms with Crippen molar-refractivity contribution in [1.82, 2.24) is 24.2 Å². The molecular formula is C28H35N5O. The monoisotopic (exact) mass is 457 g/mol. The van der Waals surface area contributed by atoms with Crippen LogP contribution in [0.2, 0.25) is 0 Å². The number of aryl methyl sites for hydroxylation is 1. The molecule has 0 unspecified atom stereocenters. The predicted octanol–water partition coefficient (Wildman–Crippen LogP) is 5.18. The minimum absolute atomic E-state index is 0.237. The fourth-order valence-corrected chi connectivity index (χ4v) is 5.39. The molecule has 34 heavy (non-hydrogen) atoms. The Bertz CT molecular complexity index is 1340. The molecule has 4 heterocycles. The summed E-state index contributed by atoms with van der Waals surface area (Å²) in [5.41, 5.74) is 8.43. The van der Waals surface area contributed by atoms with Crippen LogP contribution in [-0.2, 0) is 4.79 Å². The first-order chi connectivity index (χ1) is 16.3. The van der Waals surface area contributed by atoms with E-state index in [4.69, 9.17) is 0 Å². The van der Waals surface area contributed by atoms with E-state index in [-0.39, 0.29) is 5.91 Å². The van der Waals surface area contributed by atoms with Crippen LogP contribution in [0.4, 0.5) is 0 Å². The lowest BCUT2D eigenvalue weighted by atomic mass is 9.87. The lowest BCUT2D eigenvalue weighted by Gasteiger charge is -2.33. The van der Waals surface area contributed by atoms with E-state index < -0.39 is 0 Å². The number of nitrogens with one attached hydrogen (secondary N) is 1. The SMILES string of the molecule is Cc1cnc2ccc(-c3[nH]c4ccc(C5CCN(C(=O)CN(C)C)CC5)cc4c3C(C)C)cn12. The van der Waals surface area contributed by atoms with Gasteiger partial charge in [0.05, 0.1) is 12.2 Å². The number of imidazole rings is 1. The highest BCUT2D eigenvalue weighted by Gasteiger charge is 2.25. The molecule has 1 fully saturated rings. The molecule has 1 aliphatic heterocycles. The first-order valence-corrected chi connectivity index (χ1v) is 12.3. The molecule has 0 atom stereocenters. The molecule has 1 aromatic carbocycles. The van der Waals surface area contributed by atoms with Crippen LogP contribution in [0.15, 0.2) is 42.7 Å². The van der Waals surface area contributed by atoms with Gasteiger partial charge in [0, 0.05) is 47.6 Å². The highest BCUT2D eigenvalue weighted by Crippen LogP contribution is 2.38. The molecule has 178 valence electrons. The molecule has 3 aromatic heterocycles. The third-order valence-corrected chi connectivity index (χ3v) is 7.19. The second kappa shape index (κ2) is 8.91. The van der Waals surface area contributed by atoms with Gasteiger partial charge in [-0.3, -0.25) is 4.79 Å². The molecule has 1 amide bonds. The van der Waals surface area contributed by atoms with Gasteiger partial charge in [0.15, 0.2) is 0 Å². The average molecular weight is 458 g/mol. The van der Waals surface area contributed by atoms with Crippen molar-refractivity contribution in [3.63, 3.8) is 0 Å². The van der Waals surface area contributed by atoms with Gasteiger partial charge < -0.3 is 19.2 Å². The number of hydrogen-bond donors (Lipinski definition) is 1. The fraction of sp³-hybridized carbons (Fsp3) is 0.429. The van der Waals surface area contributed by atoms with Crippen molar-refractivity contribution < 1.29 is 4.79 Å². The van der Waals surface area contributed by atoms with E-state index in [1.54, 1.807) is 0 Å². The molecule has 4 aromatic rings. The maximum Gasteiger partial charge on any atom is 0.236 e. The molecule has 6 nitrogen and oxygen atoms in total. The summed E-state index contributed by atoms with van der Waals surface area (Å²) in [4.78, 5) is 24.6. The predicted molar refractivity (Wildman–Crippen MR) is 138 cm³/mol. The number of likely N-dealkylation sites (tertiary alicyclic amines) is 1. The number of carbonyl (C=O) groups is 1. The zero-order chi connectivity index (χ0) is 24.0. The number of likely N-dealkylation sites (N-methyl/N-ethyl adjacent to an activating group) is 1. The van der Waals surface area contributed by atoms with Gasteiger partial charge in [-0.05, 0) is 81.1 Å². The summed E-state index contributed by atoms with van der Waals surface area (Å²) in [7, 11) is 3.90. The van der Waals surface area contributed by atoms with E-state index in [0.717, 1.165) is 37.3 Å². The number of rotatable bonds is 5. The summed E-state index contributed by atoms with van der Waals surface area (Å²) in [6.07, 6.45) is 6.15. The van der Waals surface area contributed by atoms with Crippen LogP contribution < -0.4 is 0 Å². The molecule has 1 saturated heterocycles. The minimum Gasteiger partial charge on any atom is -0.354 e. The number of aromatic amines is 1. The molecule has 6 heteroatoms. The summed E-state index contributed by atoms with van der Waals surface area (Å²) in [5, 5.41) is 1.32. The molecule has 1 N–H and O–H groups in total. The number of H-pyrrole nitrogens is 1. The topological polar surface area (TPSA) is 56.6 Å². The van der Waals surface area contributed by atoms with Gasteiger partial charge >= 0.3 is 0 Å². The van der Waals surface area contributed by atoms with E-state index >= 15 is 0 Å². The summed E-state index contributed by atoms with van der Waals surface area (Å²) in [6, 6.07) is 11.2. The fourth-order valence-electron chi connectivity index (χ4n) is 5.39. The summed E-state index contributed by atoms with van der Waals surface area (Å²) >= 11 is 0. The first-order valence-electron chi connectivity index (χ1n) is 12.3. The van der Waals surface area contributed by atoms with E-state index in [1.165, 1.54) is 33.3 Å². The molecule has 0 saturated carbocycles. The lowest BCUT2D eigenvalue weighted by molar-refractivity contribution is -0.132. The Labute approximate surface area is 201 Å². The Morgan fingerprint density at radius 1 is 1.18 bits per heavy atom. The van der Waals surface area contributed by atoms with Crippen molar-refractivity contribution in [3.05, 3.63) is 59.5 Å². The number of piperidine rings is 1. The minimum atomic E-state index is 0.237. The Morgan fingerprint density at radius 2 is 1.94 bits per heavy atom. The van der Waals surface area contributed by atoms with E-state index in [0.29, 0.717) is 18.4 Å². The van der Waals surface area contributed by atoms with Crippen molar-refractivity contribution in [2.45, 2.75) is 45.4 Å². The van der Waals surface area contributed by atoms with E-state index in [2.05, 4.69) is 71.7 Å². The van der Waals surface area contributed by atoms with Crippen LogP contribution in [0.3, 0.4) is 0 Å². The largest absolute Gasteiger partial charge is 0.354 e. The molecule has 0 bridgehead atoms. The number of nitrogens with zero attached hydrogens (tertiary/aromatic N) is 4. The second-order valence-corrected chi connectivity index (χ2v) is 10.3. The van der Waals surface area contributed by atoms with Gasteiger partial charge in [-0.1, -0.05) is 19.9 Å². The van der Waals surface area contributed by atoms with Crippen LogP contribution in [0.25, 0.3) is 27.8 Å². The third kappa shape index (κ3) is 4.11. The molecule has 0 spiro atoms. The van der Waals surface area contributed by atoms with Crippen molar-refractivity contribution >= 4 is 22.5 Å². The third-order valence-electron chi connectivity index (χ3n) is 7.19. The zero-order valence-electron chi connectivity index (χ0n) is 20.9. The number of hydrogen-bond acceptors (Lipinski definition) is 3. The number of pyridine rings is 1. The smallest absolute Gasteiger partial charge is 0.236 e. The Balaban J connectivity index is 1.46. The van der Waals surface area contributed by atoms with E-state index in [1.807, 2.05) is 30.1 Å². The van der Waals surface area contributed by atoms with E-state index in [9.17, 15) is 4.79 Å². The van der Waals surface area contributed by atoms with Crippen molar-refractivity contribution in [1.29, 1.82) is 0 Å². The summed E-state index contributed by atoms with van der Waals surface area (Å²) in [6.45, 7) is 8.81. The number of aromatic nitrogens is 3. The Morgan fingerprint density at radius 3 is 2.65 bits per heavy atom. The van der Waals surface area contributed by atoms with Crippen molar-refractivity contribution in [2.75, 3.05) is 33.7 Å². The molecule has 5 rings (SSSR count). The molecule has 0 radical (unpaired) electrons. The number of amides is 1. The van der Waals surface area contributed by atoms with Gasteiger partial charge in [0.1, 0.15) is 5.65 Å². The van der Waals surface area contributed by atoms with Crippen molar-refractivity contribution in [2.24, 2.45) is 0 Å². The highest BCUT2D eigenvalue weighted by molar-refractivity contribution is 5.92. The lowest BCUT2D eigenvalue weighted by Crippen LogP contribution is -2.42. The second-order valence-electron chi connectivity index (χ2n) is 10.3. The Hall–Kier alpha value is -3.12. The Kier molecular flexibility index (Phi) is 5.94. The standard InChI is InChI=1S/C28H35N5O/c1-18(2)27-23-14-21(20-10-12-32(13-11-20)26(34)17-31(4)5)6-8-24(23)30-28(27)22-7-9-25-29-15-19(3)33(25)16-22/h6-9,14-16,18,20,30H,10-13,17H2,1-5H3. The maximum absolute atomic E-state index is 12.4. The molecular weight excluding hydrogens is 422 g/mol. The maximum atomic E-state index is 12.4. The van der Waals surface area contributed by atoms with Crippen LogP contribution in [-0.4, -0.2) is 63.8 Å². The molecule has 0 aliphatic carbocycles. The van der Waals surface area contributed by atoms with Gasteiger partial charge in [0.2, 0.25) is 5.91 Å². The van der Waals surface area contributed by atoms with Gasteiger partial charge in [-0.2, -0.15) is 0 Å². The first kappa shape index (κ1) is 22.7. The van der Waals surface area contributed by atoms with Crippen LogP contribution in [0.5, 0.6) is 0 Å². The normalized spacial score (nSPS) is 15.3. The van der Waals surface area contributed by atoms with Gasteiger partial charge in [-0.25, -0.2) is 4.98 Å². The van der Waals surface area contributed by atoms with Crippen LogP contribution in [0, 0.1) is 6.92 Å². The summed E-state index contributed by atoms with van der Waals surface area (Å²) in [5.74, 6) is 1.13. The summed E-state index contributed by atoms with van der Waals surface area (Å²) < 4.78 is 2.15. The average Bonchev–Trinajstić information content (AvgIpc) is 3.38. The van der Waals surface area contributed by atoms with Gasteiger partial charge in [-0.15, -0.1) is 0 Å². The number of benzene rings is 1. The number of fused-ring (bicyclic) bond motifs is 2. The highest BCUT2D eigenvalue weighted by atomic mass is 16.2. The van der Waals surface area contributed by atoms with Crippen LogP contribution >= 0.6 is 0 Å². The number of carbonyl (C=O) groups excluding carboxylic acids is 1. The molecule has 1 aliphatic rings. The zero-order valence-corrected chi connectivity index (χ0v) is 20.9.